The second-order valence-electron chi connectivity index (χ2n) is 6.54. The third-order valence-corrected chi connectivity index (χ3v) is 5.12. The molecule has 0 aliphatic carbocycles. The molecule has 1 N–H and O–H groups in total. The van der Waals surface area contributed by atoms with E-state index < -0.39 is 11.4 Å². The van der Waals surface area contributed by atoms with Crippen LogP contribution in [0, 0.1) is 5.82 Å². The van der Waals surface area contributed by atoms with Crippen LogP contribution in [0.25, 0.3) is 0 Å². The number of methoxy groups -OCH3 is 1. The van der Waals surface area contributed by atoms with Crippen LogP contribution in [0.5, 0.6) is 0 Å². The molecule has 2 aliphatic rings. The lowest BCUT2D eigenvalue weighted by molar-refractivity contribution is -0.159. The maximum absolute atomic E-state index is 13.3. The van der Waals surface area contributed by atoms with E-state index in [0.717, 1.165) is 13.1 Å². The fraction of sp³-hybridized carbons (Fsp3) is 0.556. The summed E-state index contributed by atoms with van der Waals surface area (Å²) in [6.45, 7) is 3.35. The monoisotopic (exact) mass is 349 g/mol. The first-order chi connectivity index (χ1) is 12.1. The van der Waals surface area contributed by atoms with E-state index in [2.05, 4.69) is 5.32 Å². The second kappa shape index (κ2) is 7.49. The average molecular weight is 349 g/mol. The SMILES string of the molecule is COC1(C(=O)N2CCN(C(=O)c3cccc(F)c3)CC2)CCNCC1. The van der Waals surface area contributed by atoms with Crippen molar-refractivity contribution in [2.45, 2.75) is 18.4 Å². The zero-order valence-electron chi connectivity index (χ0n) is 14.5. The lowest BCUT2D eigenvalue weighted by atomic mass is 9.90. The van der Waals surface area contributed by atoms with Gasteiger partial charge in [0.15, 0.2) is 0 Å². The Morgan fingerprint density at radius 2 is 1.76 bits per heavy atom. The number of amides is 2. The molecule has 2 fully saturated rings. The smallest absolute Gasteiger partial charge is 0.255 e. The average Bonchev–Trinajstić information content (AvgIpc) is 2.67. The van der Waals surface area contributed by atoms with E-state index in [9.17, 15) is 14.0 Å². The van der Waals surface area contributed by atoms with E-state index >= 15 is 0 Å². The zero-order chi connectivity index (χ0) is 17.9. The number of carbonyl (C=O) groups is 2. The molecule has 6 nitrogen and oxygen atoms in total. The number of piperazine rings is 1. The van der Waals surface area contributed by atoms with Gasteiger partial charge < -0.3 is 19.9 Å². The van der Waals surface area contributed by atoms with Crippen LogP contribution in [0.4, 0.5) is 4.39 Å². The highest BCUT2D eigenvalue weighted by molar-refractivity contribution is 5.94. The molecule has 2 heterocycles. The summed E-state index contributed by atoms with van der Waals surface area (Å²) >= 11 is 0. The van der Waals surface area contributed by atoms with Gasteiger partial charge in [-0.2, -0.15) is 0 Å². The highest BCUT2D eigenvalue weighted by Gasteiger charge is 2.43. The maximum atomic E-state index is 13.3. The Bertz CT molecular complexity index is 638. The summed E-state index contributed by atoms with van der Waals surface area (Å²) in [7, 11) is 1.59. The number of carbonyl (C=O) groups excluding carboxylic acids is 2. The Balaban J connectivity index is 1.61. The van der Waals surface area contributed by atoms with Gasteiger partial charge in [-0.1, -0.05) is 6.07 Å². The molecule has 0 aromatic heterocycles. The van der Waals surface area contributed by atoms with Crippen molar-refractivity contribution in [1.82, 2.24) is 15.1 Å². The van der Waals surface area contributed by atoms with Gasteiger partial charge in [0.25, 0.3) is 11.8 Å². The highest BCUT2D eigenvalue weighted by Crippen LogP contribution is 2.26. The predicted octanol–water partition coefficient (Wildman–Crippen LogP) is 0.879. The number of hydrogen-bond acceptors (Lipinski definition) is 4. The molecule has 25 heavy (non-hydrogen) atoms. The lowest BCUT2D eigenvalue weighted by Gasteiger charge is -2.42. The number of ether oxygens (including phenoxy) is 1. The Kier molecular flexibility index (Phi) is 5.34. The summed E-state index contributed by atoms with van der Waals surface area (Å²) in [5.41, 5.74) is -0.411. The van der Waals surface area contributed by atoms with Crippen LogP contribution in [-0.2, 0) is 9.53 Å². The van der Waals surface area contributed by atoms with Gasteiger partial charge in [-0.15, -0.1) is 0 Å². The minimum absolute atomic E-state index is 0.00866. The zero-order valence-corrected chi connectivity index (χ0v) is 14.5. The van der Waals surface area contributed by atoms with Crippen LogP contribution in [-0.4, -0.2) is 73.6 Å². The van der Waals surface area contributed by atoms with Gasteiger partial charge in [-0.05, 0) is 44.1 Å². The predicted molar refractivity (Wildman–Crippen MR) is 90.7 cm³/mol. The van der Waals surface area contributed by atoms with E-state index in [1.165, 1.54) is 18.2 Å². The van der Waals surface area contributed by atoms with Gasteiger partial charge in [0, 0.05) is 38.9 Å². The number of hydrogen-bond donors (Lipinski definition) is 1. The normalized spacial score (nSPS) is 20.4. The molecule has 2 aliphatic heterocycles. The molecule has 0 saturated carbocycles. The summed E-state index contributed by atoms with van der Waals surface area (Å²) in [5.74, 6) is -0.614. The molecule has 1 aromatic rings. The molecule has 2 amide bonds. The van der Waals surface area contributed by atoms with Crippen LogP contribution in [0.2, 0.25) is 0 Å². The Hall–Kier alpha value is -1.99. The van der Waals surface area contributed by atoms with Crippen LogP contribution >= 0.6 is 0 Å². The molecular formula is C18H24FN3O3. The second-order valence-corrected chi connectivity index (χ2v) is 6.54. The summed E-state index contributed by atoms with van der Waals surface area (Å²) in [4.78, 5) is 28.8. The van der Waals surface area contributed by atoms with E-state index in [-0.39, 0.29) is 11.8 Å². The van der Waals surface area contributed by atoms with Gasteiger partial charge >= 0.3 is 0 Å². The number of rotatable bonds is 3. The van der Waals surface area contributed by atoms with Crippen molar-refractivity contribution < 1.29 is 18.7 Å². The summed E-state index contributed by atoms with van der Waals surface area (Å²) in [6.07, 6.45) is 1.32. The van der Waals surface area contributed by atoms with Crippen molar-refractivity contribution >= 4 is 11.8 Å². The van der Waals surface area contributed by atoms with Crippen LogP contribution in [0.1, 0.15) is 23.2 Å². The molecule has 7 heteroatoms. The van der Waals surface area contributed by atoms with Crippen LogP contribution in [0.3, 0.4) is 0 Å². The Morgan fingerprint density at radius 3 is 2.36 bits per heavy atom. The van der Waals surface area contributed by atoms with Gasteiger partial charge in [0.1, 0.15) is 11.4 Å². The lowest BCUT2D eigenvalue weighted by Crippen LogP contribution is -2.59. The molecule has 1 aromatic carbocycles. The van der Waals surface area contributed by atoms with Crippen molar-refractivity contribution in [3.05, 3.63) is 35.6 Å². The first-order valence-corrected chi connectivity index (χ1v) is 8.66. The minimum atomic E-state index is -0.750. The standard InChI is InChI=1S/C18H24FN3O3/c1-25-18(5-7-20-8-6-18)17(24)22-11-9-21(10-12-22)16(23)14-3-2-4-15(19)13-14/h2-4,13,20H,5-12H2,1H3. The topological polar surface area (TPSA) is 61.9 Å². The molecule has 0 radical (unpaired) electrons. The molecule has 3 rings (SSSR count). The van der Waals surface area contributed by atoms with Crippen molar-refractivity contribution in [2.24, 2.45) is 0 Å². The number of halogens is 1. The summed E-state index contributed by atoms with van der Waals surface area (Å²) in [5, 5.41) is 3.24. The third kappa shape index (κ3) is 3.67. The maximum Gasteiger partial charge on any atom is 0.255 e. The van der Waals surface area contributed by atoms with Crippen molar-refractivity contribution in [1.29, 1.82) is 0 Å². The number of nitrogens with zero attached hydrogens (tertiary/aromatic N) is 2. The molecule has 136 valence electrons. The largest absolute Gasteiger partial charge is 0.368 e. The molecule has 0 spiro atoms. The minimum Gasteiger partial charge on any atom is -0.368 e. The molecular weight excluding hydrogens is 325 g/mol. The van der Waals surface area contributed by atoms with Crippen LogP contribution in [0.15, 0.2) is 24.3 Å². The quantitative estimate of drug-likeness (QED) is 0.880. The van der Waals surface area contributed by atoms with Gasteiger partial charge in [0.2, 0.25) is 0 Å². The van der Waals surface area contributed by atoms with Gasteiger partial charge in [0.05, 0.1) is 0 Å². The first kappa shape index (κ1) is 17.8. The van der Waals surface area contributed by atoms with Crippen molar-refractivity contribution in [3.63, 3.8) is 0 Å². The number of benzene rings is 1. The Labute approximate surface area is 146 Å². The van der Waals surface area contributed by atoms with Crippen molar-refractivity contribution in [3.8, 4) is 0 Å². The molecule has 0 unspecified atom stereocenters. The summed E-state index contributed by atoms with van der Waals surface area (Å²) in [6, 6.07) is 5.70. The van der Waals surface area contributed by atoms with Gasteiger partial charge in [-0.3, -0.25) is 9.59 Å². The van der Waals surface area contributed by atoms with Crippen LogP contribution < -0.4 is 5.32 Å². The fourth-order valence-electron chi connectivity index (χ4n) is 3.54. The first-order valence-electron chi connectivity index (χ1n) is 8.66. The molecule has 0 bridgehead atoms. The summed E-state index contributed by atoms with van der Waals surface area (Å²) < 4.78 is 18.9. The molecule has 2 saturated heterocycles. The van der Waals surface area contributed by atoms with E-state index in [0.29, 0.717) is 44.6 Å². The number of piperidine rings is 1. The Morgan fingerprint density at radius 1 is 1.12 bits per heavy atom. The number of nitrogens with one attached hydrogen (secondary N) is 1. The van der Waals surface area contributed by atoms with Crippen molar-refractivity contribution in [2.75, 3.05) is 46.4 Å². The van der Waals surface area contributed by atoms with Gasteiger partial charge in [-0.25, -0.2) is 4.39 Å². The fourth-order valence-corrected chi connectivity index (χ4v) is 3.54. The third-order valence-electron chi connectivity index (χ3n) is 5.12. The highest BCUT2D eigenvalue weighted by atomic mass is 19.1. The van der Waals surface area contributed by atoms with E-state index in [4.69, 9.17) is 4.74 Å². The van der Waals surface area contributed by atoms with E-state index in [1.54, 1.807) is 23.0 Å². The molecule has 0 atom stereocenters. The van der Waals surface area contributed by atoms with E-state index in [1.807, 2.05) is 0 Å².